The Balaban J connectivity index is 1.33. The molecule has 5 aromatic rings. The van der Waals surface area contributed by atoms with Crippen LogP contribution >= 0.6 is 0 Å². The predicted molar refractivity (Wildman–Crippen MR) is 142 cm³/mol. The highest BCUT2D eigenvalue weighted by atomic mass is 14.6. The molecule has 0 unspecified atom stereocenters. The van der Waals surface area contributed by atoms with E-state index in [1.165, 1.54) is 0 Å². The molecular weight excluding hydrogens is 424 g/mol. The molecule has 0 atom stereocenters. The van der Waals surface area contributed by atoms with E-state index < -0.39 is 0 Å². The van der Waals surface area contributed by atoms with Gasteiger partial charge < -0.3 is 0 Å². The number of aromatic nitrogens is 2. The first-order chi connectivity index (χ1) is 17.3. The number of hydrogen-bond acceptors (Lipinski definition) is 2. The van der Waals surface area contributed by atoms with E-state index in [0.29, 0.717) is 0 Å². The van der Waals surface area contributed by atoms with Crippen molar-refractivity contribution in [2.24, 2.45) is 0 Å². The number of nitrogens with zero attached hydrogens (tertiary/aromatic N) is 2. The summed E-state index contributed by atoms with van der Waals surface area (Å²) in [5.74, 6) is 13.2. The average molecular weight is 447 g/mol. The monoisotopic (exact) mass is 446 g/mol. The fourth-order valence-electron chi connectivity index (χ4n) is 3.77. The van der Waals surface area contributed by atoms with Crippen LogP contribution in [0.4, 0.5) is 0 Å². The molecule has 0 bridgehead atoms. The molecule has 0 aliphatic carbocycles. The van der Waals surface area contributed by atoms with Gasteiger partial charge in [-0.1, -0.05) is 54.0 Å². The highest BCUT2D eigenvalue weighted by Gasteiger charge is 2.01. The molecule has 5 rings (SSSR count). The van der Waals surface area contributed by atoms with Crippen LogP contribution in [0.15, 0.2) is 116 Å². The molecule has 3 aromatic carbocycles. The minimum Gasteiger partial charge on any atom is -0.265 e. The van der Waals surface area contributed by atoms with E-state index in [1.807, 2.05) is 42.5 Å². The molecule has 0 fully saturated rings. The molecule has 0 spiro atoms. The van der Waals surface area contributed by atoms with Crippen LogP contribution in [0.1, 0.15) is 27.8 Å². The van der Waals surface area contributed by atoms with Crippen LogP contribution in [-0.2, 0) is 0 Å². The first-order valence-electron chi connectivity index (χ1n) is 11.4. The second-order valence-electron chi connectivity index (χ2n) is 8.10. The third-order valence-corrected chi connectivity index (χ3v) is 5.81. The van der Waals surface area contributed by atoms with Crippen molar-refractivity contribution in [3.63, 3.8) is 0 Å². The lowest BCUT2D eigenvalue weighted by Gasteiger charge is -2.02. The molecule has 164 valence electrons. The second kappa shape index (κ2) is 10.3. The Morgan fingerprint density at radius 2 is 0.800 bits per heavy atom. The zero-order valence-electron chi connectivity index (χ0n) is 19.4. The van der Waals surface area contributed by atoms with Gasteiger partial charge in [-0.25, -0.2) is 0 Å². The largest absolute Gasteiger partial charge is 0.265 e. The molecule has 0 saturated heterocycles. The highest BCUT2D eigenvalue weighted by Crippen LogP contribution is 2.20. The van der Waals surface area contributed by atoms with Crippen LogP contribution in [0, 0.1) is 30.6 Å². The van der Waals surface area contributed by atoms with E-state index >= 15 is 0 Å². The van der Waals surface area contributed by atoms with Crippen molar-refractivity contribution in [1.82, 2.24) is 9.97 Å². The SMILES string of the molecule is Cc1c(C#Cc2ccc(-c3ccncc3)cc2)cccc1C#Cc1ccc(-c2ccncc2)cc1. The van der Waals surface area contributed by atoms with Gasteiger partial charge in [0.05, 0.1) is 0 Å². The summed E-state index contributed by atoms with van der Waals surface area (Å²) in [4.78, 5) is 8.16. The summed E-state index contributed by atoms with van der Waals surface area (Å²) in [6, 6.07) is 30.7. The molecule has 2 heterocycles. The first-order valence-corrected chi connectivity index (χ1v) is 11.4. The summed E-state index contributed by atoms with van der Waals surface area (Å²) in [7, 11) is 0. The molecule has 0 amide bonds. The van der Waals surface area contributed by atoms with Crippen LogP contribution in [0.3, 0.4) is 0 Å². The summed E-state index contributed by atoms with van der Waals surface area (Å²) >= 11 is 0. The Morgan fingerprint density at radius 1 is 0.429 bits per heavy atom. The Morgan fingerprint density at radius 3 is 1.20 bits per heavy atom. The smallest absolute Gasteiger partial charge is 0.0290 e. The predicted octanol–water partition coefficient (Wildman–Crippen LogP) is 6.92. The summed E-state index contributed by atoms with van der Waals surface area (Å²) in [5, 5.41) is 0. The van der Waals surface area contributed by atoms with E-state index in [0.717, 1.165) is 50.1 Å². The number of pyridine rings is 2. The third-order valence-electron chi connectivity index (χ3n) is 5.81. The minimum absolute atomic E-state index is 0.980. The Bertz CT molecular complexity index is 1440. The zero-order chi connectivity index (χ0) is 23.9. The molecule has 0 aliphatic rings. The van der Waals surface area contributed by atoms with Gasteiger partial charge in [0.25, 0.3) is 0 Å². The molecule has 0 radical (unpaired) electrons. The lowest BCUT2D eigenvalue weighted by atomic mass is 10.0. The first kappa shape index (κ1) is 21.9. The number of hydrogen-bond donors (Lipinski definition) is 0. The number of benzene rings is 3. The normalized spacial score (nSPS) is 9.97. The summed E-state index contributed by atoms with van der Waals surface area (Å²) in [6.45, 7) is 2.08. The van der Waals surface area contributed by atoms with Gasteiger partial charge in [-0.3, -0.25) is 9.97 Å². The van der Waals surface area contributed by atoms with E-state index in [9.17, 15) is 0 Å². The third kappa shape index (κ3) is 5.36. The quantitative estimate of drug-likeness (QED) is 0.275. The topological polar surface area (TPSA) is 25.8 Å². The van der Waals surface area contributed by atoms with Crippen LogP contribution < -0.4 is 0 Å². The van der Waals surface area contributed by atoms with Crippen molar-refractivity contribution in [1.29, 1.82) is 0 Å². The molecule has 0 aliphatic heterocycles. The van der Waals surface area contributed by atoms with Gasteiger partial charge in [0.15, 0.2) is 0 Å². The van der Waals surface area contributed by atoms with E-state index in [-0.39, 0.29) is 0 Å². The lowest BCUT2D eigenvalue weighted by Crippen LogP contribution is -1.88. The molecule has 2 heteroatoms. The van der Waals surface area contributed by atoms with Crippen LogP contribution in [0.2, 0.25) is 0 Å². The standard InChI is InChI=1S/C33H22N2/c1-25-28(11-5-26-7-13-30(14-8-26)32-17-21-34-22-18-32)3-2-4-29(25)12-6-27-9-15-31(16-10-27)33-19-23-35-24-20-33/h2-4,7-10,13-24H,1H3. The van der Waals surface area contributed by atoms with Gasteiger partial charge in [0.2, 0.25) is 0 Å². The maximum absolute atomic E-state index is 4.08. The average Bonchev–Trinajstić information content (AvgIpc) is 2.93. The van der Waals surface area contributed by atoms with Gasteiger partial charge in [-0.05, 0) is 95.4 Å². The summed E-state index contributed by atoms with van der Waals surface area (Å²) in [6.07, 6.45) is 7.22. The maximum Gasteiger partial charge on any atom is 0.0290 e. The van der Waals surface area contributed by atoms with Crippen molar-refractivity contribution < 1.29 is 0 Å². The van der Waals surface area contributed by atoms with Crippen LogP contribution in [0.25, 0.3) is 22.3 Å². The van der Waals surface area contributed by atoms with Gasteiger partial charge in [-0.15, -0.1) is 0 Å². The van der Waals surface area contributed by atoms with Crippen LogP contribution in [0.5, 0.6) is 0 Å². The van der Waals surface area contributed by atoms with Crippen molar-refractivity contribution in [2.45, 2.75) is 6.92 Å². The van der Waals surface area contributed by atoms with Gasteiger partial charge >= 0.3 is 0 Å². The molecule has 0 N–H and O–H groups in total. The molecule has 2 aromatic heterocycles. The number of rotatable bonds is 2. The van der Waals surface area contributed by atoms with E-state index in [2.05, 4.69) is 89.1 Å². The van der Waals surface area contributed by atoms with Crippen molar-refractivity contribution in [3.05, 3.63) is 144 Å². The molecule has 35 heavy (non-hydrogen) atoms. The fraction of sp³-hybridized carbons (Fsp3) is 0.0303. The van der Waals surface area contributed by atoms with E-state index in [4.69, 9.17) is 0 Å². The summed E-state index contributed by atoms with van der Waals surface area (Å²) in [5.41, 5.74) is 9.63. The molecular formula is C33H22N2. The summed E-state index contributed by atoms with van der Waals surface area (Å²) < 4.78 is 0. The second-order valence-corrected chi connectivity index (χ2v) is 8.10. The Labute approximate surface area is 206 Å². The van der Waals surface area contributed by atoms with Crippen LogP contribution in [-0.4, -0.2) is 9.97 Å². The lowest BCUT2D eigenvalue weighted by molar-refractivity contribution is 1.33. The van der Waals surface area contributed by atoms with Crippen molar-refractivity contribution in [3.8, 4) is 45.9 Å². The fourth-order valence-corrected chi connectivity index (χ4v) is 3.77. The molecule has 0 saturated carbocycles. The Hall–Kier alpha value is -4.92. The maximum atomic E-state index is 4.08. The zero-order valence-corrected chi connectivity index (χ0v) is 19.4. The van der Waals surface area contributed by atoms with Gasteiger partial charge in [0.1, 0.15) is 0 Å². The van der Waals surface area contributed by atoms with Crippen molar-refractivity contribution in [2.75, 3.05) is 0 Å². The van der Waals surface area contributed by atoms with Gasteiger partial charge in [-0.2, -0.15) is 0 Å². The van der Waals surface area contributed by atoms with E-state index in [1.54, 1.807) is 24.8 Å². The van der Waals surface area contributed by atoms with Gasteiger partial charge in [0, 0.05) is 47.0 Å². The minimum atomic E-state index is 0.980. The highest BCUT2D eigenvalue weighted by molar-refractivity contribution is 5.65. The van der Waals surface area contributed by atoms with Crippen molar-refractivity contribution >= 4 is 0 Å². The molecule has 2 nitrogen and oxygen atoms in total. The Kier molecular flexibility index (Phi) is 6.47.